The monoisotopic (exact) mass is 350 g/mol. The fraction of sp³-hybridized carbons (Fsp3) is 0.143. The first-order valence-corrected chi connectivity index (χ1v) is 6.46. The predicted octanol–water partition coefficient (Wildman–Crippen LogP) is 4.57. The summed E-state index contributed by atoms with van der Waals surface area (Å²) in [5.41, 5.74) is -4.28. The van der Waals surface area contributed by atoms with Crippen molar-refractivity contribution in [3.63, 3.8) is 0 Å². The van der Waals surface area contributed by atoms with E-state index in [2.05, 4.69) is 0 Å². The quantitative estimate of drug-likeness (QED) is 0.554. The molecule has 0 saturated carbocycles. The Hall–Kier alpha value is -2.39. The maximum Gasteiger partial charge on any atom is 0.576 e. The average molecular weight is 350 g/mol. The molecule has 1 aliphatic rings. The normalized spacial score (nSPS) is 13.8. The molecule has 126 valence electrons. The van der Waals surface area contributed by atoms with Gasteiger partial charge in [-0.15, -0.1) is 0 Å². The maximum absolute atomic E-state index is 14.4. The Bertz CT molecular complexity index is 799. The van der Waals surface area contributed by atoms with Gasteiger partial charge in [0, 0.05) is 5.56 Å². The van der Waals surface area contributed by atoms with E-state index in [1.54, 1.807) is 0 Å². The SMILES string of the molecule is Fc1c(-c2cc(C(F)(F)F)ccc2C(F)(F)F)ccc2c1OBO2. The third-order valence-electron chi connectivity index (χ3n) is 3.42. The highest BCUT2D eigenvalue weighted by Crippen LogP contribution is 2.45. The van der Waals surface area contributed by atoms with Crippen molar-refractivity contribution in [2.45, 2.75) is 12.4 Å². The summed E-state index contributed by atoms with van der Waals surface area (Å²) < 4.78 is 102. The van der Waals surface area contributed by atoms with Crippen molar-refractivity contribution in [1.29, 1.82) is 0 Å². The summed E-state index contributed by atoms with van der Waals surface area (Å²) in [5.74, 6) is -1.68. The molecule has 24 heavy (non-hydrogen) atoms. The Labute approximate surface area is 131 Å². The van der Waals surface area contributed by atoms with Crippen molar-refractivity contribution >= 4 is 7.69 Å². The van der Waals surface area contributed by atoms with Crippen LogP contribution >= 0.6 is 0 Å². The molecule has 1 aliphatic heterocycles. The van der Waals surface area contributed by atoms with Crippen molar-refractivity contribution in [3.05, 3.63) is 47.3 Å². The maximum atomic E-state index is 14.4. The highest BCUT2D eigenvalue weighted by atomic mass is 19.4. The lowest BCUT2D eigenvalue weighted by Gasteiger charge is -2.17. The fourth-order valence-corrected chi connectivity index (χ4v) is 2.34. The molecule has 0 saturated heterocycles. The van der Waals surface area contributed by atoms with Gasteiger partial charge in [0.25, 0.3) is 0 Å². The number of alkyl halides is 6. The molecule has 0 atom stereocenters. The molecular formula is C14H6BF7O2. The van der Waals surface area contributed by atoms with E-state index in [-0.39, 0.29) is 25.6 Å². The molecule has 0 bridgehead atoms. The van der Waals surface area contributed by atoms with Gasteiger partial charge in [-0.2, -0.15) is 26.3 Å². The van der Waals surface area contributed by atoms with Crippen molar-refractivity contribution in [3.8, 4) is 22.6 Å². The smallest absolute Gasteiger partial charge is 0.526 e. The van der Waals surface area contributed by atoms with Gasteiger partial charge in [-0.1, -0.05) is 0 Å². The standard InChI is InChI=1S/C14H6BF7O2/c16-11-7(2-4-10-12(11)24-15-23-10)8-5-6(13(17,18)19)1-3-9(8)14(20,21)22/h1-5,15H. The highest BCUT2D eigenvalue weighted by Gasteiger charge is 2.38. The molecule has 3 rings (SSSR count). The van der Waals surface area contributed by atoms with E-state index in [9.17, 15) is 30.7 Å². The van der Waals surface area contributed by atoms with Gasteiger partial charge in [0.15, 0.2) is 11.6 Å². The summed E-state index contributed by atoms with van der Waals surface area (Å²) in [4.78, 5) is 0. The van der Waals surface area contributed by atoms with E-state index in [1.165, 1.54) is 0 Å². The van der Waals surface area contributed by atoms with Gasteiger partial charge >= 0.3 is 20.0 Å². The molecule has 0 N–H and O–H groups in total. The molecular weight excluding hydrogens is 344 g/mol. The summed E-state index contributed by atoms with van der Waals surface area (Å²) >= 11 is 0. The van der Waals surface area contributed by atoms with Gasteiger partial charge in [0.2, 0.25) is 0 Å². The lowest BCUT2D eigenvalue weighted by molar-refractivity contribution is -0.141. The van der Waals surface area contributed by atoms with Gasteiger partial charge in [0.1, 0.15) is 5.75 Å². The first-order chi connectivity index (χ1) is 11.1. The lowest BCUT2D eigenvalue weighted by atomic mass is 9.95. The summed E-state index contributed by atoms with van der Waals surface area (Å²) in [6.07, 6.45) is -9.83. The van der Waals surface area contributed by atoms with Crippen LogP contribution in [0.5, 0.6) is 11.5 Å². The molecule has 2 aromatic rings. The van der Waals surface area contributed by atoms with Crippen molar-refractivity contribution in [2.75, 3.05) is 0 Å². The molecule has 1 heterocycles. The van der Waals surface area contributed by atoms with Crippen LogP contribution in [0.4, 0.5) is 30.7 Å². The van der Waals surface area contributed by atoms with Crippen molar-refractivity contribution < 1.29 is 40.0 Å². The molecule has 0 fully saturated rings. The first kappa shape index (κ1) is 16.5. The minimum absolute atomic E-state index is 0.0308. The number of halogens is 7. The molecule has 0 radical (unpaired) electrons. The van der Waals surface area contributed by atoms with E-state index in [1.807, 2.05) is 0 Å². The average Bonchev–Trinajstić information content (AvgIpc) is 2.94. The summed E-state index contributed by atoms with van der Waals surface area (Å²) in [6, 6.07) is 2.91. The van der Waals surface area contributed by atoms with Gasteiger partial charge in [-0.3, -0.25) is 0 Å². The number of fused-ring (bicyclic) bond motifs is 1. The van der Waals surface area contributed by atoms with E-state index in [0.717, 1.165) is 12.1 Å². The minimum atomic E-state index is -4.96. The Kier molecular flexibility index (Phi) is 3.65. The van der Waals surface area contributed by atoms with Crippen LogP contribution in [0.15, 0.2) is 30.3 Å². The Balaban J connectivity index is 2.26. The zero-order valence-corrected chi connectivity index (χ0v) is 11.6. The van der Waals surface area contributed by atoms with Crippen LogP contribution in [-0.4, -0.2) is 7.69 Å². The van der Waals surface area contributed by atoms with E-state index < -0.39 is 46.2 Å². The van der Waals surface area contributed by atoms with Gasteiger partial charge in [-0.05, 0) is 35.9 Å². The number of rotatable bonds is 1. The Morgan fingerprint density at radius 3 is 2.12 bits per heavy atom. The molecule has 0 unspecified atom stereocenters. The van der Waals surface area contributed by atoms with Crippen LogP contribution in [0.25, 0.3) is 11.1 Å². The van der Waals surface area contributed by atoms with Crippen LogP contribution in [0.2, 0.25) is 0 Å². The largest absolute Gasteiger partial charge is 0.576 e. The van der Waals surface area contributed by atoms with Crippen LogP contribution in [-0.2, 0) is 12.4 Å². The second-order valence-corrected chi connectivity index (χ2v) is 4.92. The zero-order valence-electron chi connectivity index (χ0n) is 11.6. The van der Waals surface area contributed by atoms with Crippen molar-refractivity contribution in [1.82, 2.24) is 0 Å². The summed E-state index contributed by atoms with van der Waals surface area (Å²) in [7, 11) is -0.329. The van der Waals surface area contributed by atoms with E-state index in [4.69, 9.17) is 9.31 Å². The molecule has 10 heteroatoms. The Morgan fingerprint density at radius 1 is 0.792 bits per heavy atom. The lowest BCUT2D eigenvalue weighted by Crippen LogP contribution is -2.11. The zero-order chi connectivity index (χ0) is 17.7. The summed E-state index contributed by atoms with van der Waals surface area (Å²) in [5, 5.41) is 0. The molecule has 0 aromatic heterocycles. The van der Waals surface area contributed by atoms with Crippen LogP contribution in [0.3, 0.4) is 0 Å². The minimum Gasteiger partial charge on any atom is -0.526 e. The van der Waals surface area contributed by atoms with E-state index in [0.29, 0.717) is 6.07 Å². The molecule has 0 aliphatic carbocycles. The van der Waals surface area contributed by atoms with Crippen LogP contribution in [0, 0.1) is 5.82 Å². The summed E-state index contributed by atoms with van der Waals surface area (Å²) in [6.45, 7) is 0. The van der Waals surface area contributed by atoms with Gasteiger partial charge in [-0.25, -0.2) is 4.39 Å². The predicted molar refractivity (Wildman–Crippen MR) is 70.2 cm³/mol. The third-order valence-corrected chi connectivity index (χ3v) is 3.42. The van der Waals surface area contributed by atoms with Gasteiger partial charge < -0.3 is 9.31 Å². The van der Waals surface area contributed by atoms with Crippen LogP contribution < -0.4 is 9.31 Å². The second-order valence-electron chi connectivity index (χ2n) is 4.92. The highest BCUT2D eigenvalue weighted by molar-refractivity contribution is 6.23. The molecule has 2 nitrogen and oxygen atoms in total. The fourth-order valence-electron chi connectivity index (χ4n) is 2.34. The molecule has 2 aromatic carbocycles. The second kappa shape index (κ2) is 5.32. The topological polar surface area (TPSA) is 18.5 Å². The number of hydrogen-bond acceptors (Lipinski definition) is 2. The molecule has 0 amide bonds. The number of hydrogen-bond donors (Lipinski definition) is 0. The van der Waals surface area contributed by atoms with Crippen LogP contribution in [0.1, 0.15) is 11.1 Å². The Morgan fingerprint density at radius 2 is 1.50 bits per heavy atom. The molecule has 0 spiro atoms. The third kappa shape index (κ3) is 2.76. The number of benzene rings is 2. The van der Waals surface area contributed by atoms with Gasteiger partial charge in [0.05, 0.1) is 11.1 Å². The van der Waals surface area contributed by atoms with Crippen molar-refractivity contribution in [2.24, 2.45) is 0 Å². The first-order valence-electron chi connectivity index (χ1n) is 6.46. The van der Waals surface area contributed by atoms with E-state index >= 15 is 0 Å².